The molecule has 0 aliphatic carbocycles. The quantitative estimate of drug-likeness (QED) is 0.872. The molecule has 0 bridgehead atoms. The Labute approximate surface area is 106 Å². The van der Waals surface area contributed by atoms with E-state index >= 15 is 0 Å². The summed E-state index contributed by atoms with van der Waals surface area (Å²) >= 11 is 0. The minimum Gasteiger partial charge on any atom is -0.444 e. The first kappa shape index (κ1) is 12.8. The Kier molecular flexibility index (Phi) is 4.52. The van der Waals surface area contributed by atoms with Crippen LogP contribution in [0.15, 0.2) is 24.3 Å². The zero-order valence-electron chi connectivity index (χ0n) is 10.2. The highest BCUT2D eigenvalue weighted by atomic mass is 19.1. The maximum absolute atomic E-state index is 13.3. The highest BCUT2D eigenvalue weighted by Gasteiger charge is 2.16. The summed E-state index contributed by atoms with van der Waals surface area (Å²) in [4.78, 5) is 13.4. The summed E-state index contributed by atoms with van der Waals surface area (Å²) in [5.41, 5.74) is 0.402. The van der Waals surface area contributed by atoms with Crippen LogP contribution >= 0.6 is 0 Å². The number of hydrogen-bond donors (Lipinski definition) is 1. The van der Waals surface area contributed by atoms with Gasteiger partial charge in [-0.25, -0.2) is 9.18 Å². The van der Waals surface area contributed by atoms with Gasteiger partial charge in [0.05, 0.1) is 0 Å². The number of benzene rings is 1. The maximum Gasteiger partial charge on any atom is 0.410 e. The molecule has 18 heavy (non-hydrogen) atoms. The Morgan fingerprint density at radius 3 is 3.00 bits per heavy atom. The predicted molar refractivity (Wildman–Crippen MR) is 65.6 cm³/mol. The van der Waals surface area contributed by atoms with Crippen molar-refractivity contribution in [3.05, 3.63) is 35.6 Å². The molecule has 0 unspecified atom stereocenters. The van der Waals surface area contributed by atoms with Gasteiger partial charge in [0.1, 0.15) is 12.4 Å². The molecule has 0 spiro atoms. The van der Waals surface area contributed by atoms with Crippen molar-refractivity contribution >= 4 is 6.09 Å². The molecule has 0 radical (unpaired) electrons. The second-order valence-corrected chi connectivity index (χ2v) is 4.24. The van der Waals surface area contributed by atoms with Gasteiger partial charge in [-0.3, -0.25) is 0 Å². The van der Waals surface area contributed by atoms with Crippen LogP contribution in [0.3, 0.4) is 0 Å². The lowest BCUT2D eigenvalue weighted by Crippen LogP contribution is -2.34. The van der Waals surface area contributed by atoms with Crippen LogP contribution in [0, 0.1) is 5.82 Å². The van der Waals surface area contributed by atoms with Crippen molar-refractivity contribution in [2.24, 2.45) is 0 Å². The number of hydrogen-bond acceptors (Lipinski definition) is 3. The highest BCUT2D eigenvalue weighted by Crippen LogP contribution is 2.09. The van der Waals surface area contributed by atoms with Gasteiger partial charge in [0.25, 0.3) is 0 Å². The molecule has 1 aliphatic heterocycles. The third-order valence-corrected chi connectivity index (χ3v) is 2.91. The Bertz CT molecular complexity index is 404. The summed E-state index contributed by atoms with van der Waals surface area (Å²) in [6.45, 7) is 2.99. The van der Waals surface area contributed by atoms with Crippen LogP contribution in [0.4, 0.5) is 9.18 Å². The third kappa shape index (κ3) is 3.43. The second kappa shape index (κ2) is 6.35. The SMILES string of the molecule is O=C(OCc1ccccc1F)N1CCCNCC1. The number of carbonyl (C=O) groups excluding carboxylic acids is 1. The van der Waals surface area contributed by atoms with Crippen molar-refractivity contribution in [3.8, 4) is 0 Å². The van der Waals surface area contributed by atoms with E-state index in [9.17, 15) is 9.18 Å². The molecule has 1 fully saturated rings. The lowest BCUT2D eigenvalue weighted by molar-refractivity contribution is 0.0975. The van der Waals surface area contributed by atoms with Crippen molar-refractivity contribution in [1.82, 2.24) is 10.2 Å². The van der Waals surface area contributed by atoms with Crippen molar-refractivity contribution in [3.63, 3.8) is 0 Å². The average Bonchev–Trinajstić information content (AvgIpc) is 2.66. The van der Waals surface area contributed by atoms with E-state index in [1.54, 1.807) is 23.1 Å². The largest absolute Gasteiger partial charge is 0.444 e. The number of carbonyl (C=O) groups is 1. The van der Waals surface area contributed by atoms with Crippen LogP contribution in [0.25, 0.3) is 0 Å². The van der Waals surface area contributed by atoms with Crippen LogP contribution in [-0.2, 0) is 11.3 Å². The smallest absolute Gasteiger partial charge is 0.410 e. The van der Waals surface area contributed by atoms with Gasteiger partial charge in [0.15, 0.2) is 0 Å². The first-order valence-electron chi connectivity index (χ1n) is 6.13. The van der Waals surface area contributed by atoms with Gasteiger partial charge < -0.3 is 15.0 Å². The lowest BCUT2D eigenvalue weighted by atomic mass is 10.2. The number of halogens is 1. The van der Waals surface area contributed by atoms with Gasteiger partial charge >= 0.3 is 6.09 Å². The molecule has 5 heteroatoms. The molecule has 4 nitrogen and oxygen atoms in total. The fourth-order valence-corrected chi connectivity index (χ4v) is 1.87. The van der Waals surface area contributed by atoms with Gasteiger partial charge in [0.2, 0.25) is 0 Å². The first-order valence-corrected chi connectivity index (χ1v) is 6.13. The molecular weight excluding hydrogens is 235 g/mol. The summed E-state index contributed by atoms with van der Waals surface area (Å²) in [6.07, 6.45) is 0.538. The van der Waals surface area contributed by atoms with Crippen LogP contribution < -0.4 is 5.32 Å². The van der Waals surface area contributed by atoms with Gasteiger partial charge in [0, 0.05) is 25.2 Å². The Balaban J connectivity index is 1.86. The summed E-state index contributed by atoms with van der Waals surface area (Å²) in [6, 6.07) is 6.31. The first-order chi connectivity index (χ1) is 8.77. The number of amides is 1. The van der Waals surface area contributed by atoms with Crippen LogP contribution in [0.1, 0.15) is 12.0 Å². The summed E-state index contributed by atoms with van der Waals surface area (Å²) in [5, 5.41) is 3.21. The number of nitrogens with one attached hydrogen (secondary N) is 1. The molecule has 0 atom stereocenters. The summed E-state index contributed by atoms with van der Waals surface area (Å²) in [5.74, 6) is -0.345. The van der Waals surface area contributed by atoms with Crippen molar-refractivity contribution in [2.45, 2.75) is 13.0 Å². The standard InChI is InChI=1S/C13H17FN2O2/c14-12-5-2-1-4-11(12)10-18-13(17)16-8-3-6-15-7-9-16/h1-2,4-5,15H,3,6-10H2. The molecule has 1 aromatic carbocycles. The van der Waals surface area contributed by atoms with Gasteiger partial charge in [-0.15, -0.1) is 0 Å². The van der Waals surface area contributed by atoms with E-state index in [0.717, 1.165) is 19.5 Å². The highest BCUT2D eigenvalue weighted by molar-refractivity contribution is 5.67. The molecule has 0 saturated carbocycles. The maximum atomic E-state index is 13.3. The van der Waals surface area contributed by atoms with Crippen molar-refractivity contribution in [2.75, 3.05) is 26.2 Å². The minimum atomic E-state index is -0.373. The Morgan fingerprint density at radius 2 is 2.17 bits per heavy atom. The minimum absolute atomic E-state index is 0.0184. The monoisotopic (exact) mass is 252 g/mol. The molecular formula is C13H17FN2O2. The van der Waals surface area contributed by atoms with Gasteiger partial charge in [-0.1, -0.05) is 18.2 Å². The van der Waals surface area contributed by atoms with Crippen molar-refractivity contribution in [1.29, 1.82) is 0 Å². The number of rotatable bonds is 2. The Hall–Kier alpha value is -1.62. The number of nitrogens with zero attached hydrogens (tertiary/aromatic N) is 1. The zero-order valence-corrected chi connectivity index (χ0v) is 10.2. The van der Waals surface area contributed by atoms with E-state index in [1.807, 2.05) is 0 Å². The number of ether oxygens (including phenoxy) is 1. The lowest BCUT2D eigenvalue weighted by Gasteiger charge is -2.19. The predicted octanol–water partition coefficient (Wildman–Crippen LogP) is 1.76. The summed E-state index contributed by atoms with van der Waals surface area (Å²) in [7, 11) is 0. The average molecular weight is 252 g/mol. The van der Waals surface area contributed by atoms with Crippen molar-refractivity contribution < 1.29 is 13.9 Å². The Morgan fingerprint density at radius 1 is 1.33 bits per heavy atom. The van der Waals surface area contributed by atoms with E-state index in [2.05, 4.69) is 5.32 Å². The van der Waals surface area contributed by atoms with E-state index in [-0.39, 0.29) is 18.5 Å². The molecule has 0 aromatic heterocycles. The topological polar surface area (TPSA) is 41.6 Å². The van der Waals surface area contributed by atoms with Crippen LogP contribution in [0.5, 0.6) is 0 Å². The van der Waals surface area contributed by atoms with Crippen LogP contribution in [0.2, 0.25) is 0 Å². The fraction of sp³-hybridized carbons (Fsp3) is 0.462. The third-order valence-electron chi connectivity index (χ3n) is 2.91. The van der Waals surface area contributed by atoms with E-state index < -0.39 is 0 Å². The zero-order chi connectivity index (χ0) is 12.8. The second-order valence-electron chi connectivity index (χ2n) is 4.24. The molecule has 1 amide bonds. The molecule has 1 saturated heterocycles. The fourth-order valence-electron chi connectivity index (χ4n) is 1.87. The molecule has 1 aliphatic rings. The summed E-state index contributed by atoms with van der Waals surface area (Å²) < 4.78 is 18.5. The molecule has 2 rings (SSSR count). The molecule has 98 valence electrons. The molecule has 1 N–H and O–H groups in total. The van der Waals surface area contributed by atoms with Gasteiger partial charge in [-0.05, 0) is 19.0 Å². The van der Waals surface area contributed by atoms with E-state index in [0.29, 0.717) is 18.7 Å². The normalized spacial score (nSPS) is 16.2. The van der Waals surface area contributed by atoms with E-state index in [4.69, 9.17) is 4.74 Å². The van der Waals surface area contributed by atoms with Crippen LogP contribution in [-0.4, -0.2) is 37.2 Å². The molecule has 1 heterocycles. The molecule has 1 aromatic rings. The van der Waals surface area contributed by atoms with Gasteiger partial charge in [-0.2, -0.15) is 0 Å². The van der Waals surface area contributed by atoms with E-state index in [1.165, 1.54) is 6.07 Å².